The number of aromatic nitrogens is 2. The van der Waals surface area contributed by atoms with E-state index >= 15 is 0 Å². The third-order valence-electron chi connectivity index (χ3n) is 5.47. The van der Waals surface area contributed by atoms with Crippen molar-refractivity contribution in [3.05, 3.63) is 83.8 Å². The maximum absolute atomic E-state index is 13.5. The van der Waals surface area contributed by atoms with Crippen LogP contribution in [-0.4, -0.2) is 22.1 Å². The Morgan fingerprint density at radius 2 is 1.90 bits per heavy atom. The third kappa shape index (κ3) is 3.97. The van der Waals surface area contributed by atoms with Crippen LogP contribution in [0.4, 0.5) is 15.8 Å². The first-order valence-electron chi connectivity index (χ1n) is 10.3. The van der Waals surface area contributed by atoms with Gasteiger partial charge in [-0.3, -0.25) is 4.79 Å². The summed E-state index contributed by atoms with van der Waals surface area (Å²) in [7, 11) is 0. The monoisotopic (exact) mass is 412 g/mol. The Labute approximate surface area is 179 Å². The number of nitrogens with zero attached hydrogens (tertiary/aromatic N) is 2. The Hall–Kier alpha value is -3.80. The molecule has 0 unspecified atom stereocenters. The van der Waals surface area contributed by atoms with Gasteiger partial charge in [0, 0.05) is 28.1 Å². The van der Waals surface area contributed by atoms with E-state index in [1.165, 1.54) is 12.1 Å². The van der Waals surface area contributed by atoms with Crippen LogP contribution in [0, 0.1) is 12.7 Å². The van der Waals surface area contributed by atoms with Gasteiger partial charge in [0.25, 0.3) is 5.91 Å². The van der Waals surface area contributed by atoms with Crippen molar-refractivity contribution in [2.24, 2.45) is 0 Å². The van der Waals surface area contributed by atoms with Crippen molar-refractivity contribution in [3.8, 4) is 11.3 Å². The number of halogens is 1. The fourth-order valence-corrected chi connectivity index (χ4v) is 3.69. The SMILES string of the molecule is Cc1cc(F)ccc1-c1nncc2cc(Nc3ccccc3C(=O)NC3CC3)ccc12. The molecule has 2 N–H and O–H groups in total. The number of anilines is 2. The predicted octanol–water partition coefficient (Wildman–Crippen LogP) is 5.38. The molecule has 5 nitrogen and oxygen atoms in total. The van der Waals surface area contributed by atoms with Crippen LogP contribution in [0.3, 0.4) is 0 Å². The summed E-state index contributed by atoms with van der Waals surface area (Å²) in [4.78, 5) is 12.6. The number of nitrogens with one attached hydrogen (secondary N) is 2. The van der Waals surface area contributed by atoms with Crippen molar-refractivity contribution < 1.29 is 9.18 Å². The average Bonchev–Trinajstić information content (AvgIpc) is 3.58. The molecule has 0 spiro atoms. The minimum atomic E-state index is -0.273. The summed E-state index contributed by atoms with van der Waals surface area (Å²) in [5, 5.41) is 16.7. The number of hydrogen-bond donors (Lipinski definition) is 2. The van der Waals surface area contributed by atoms with E-state index in [-0.39, 0.29) is 11.7 Å². The lowest BCUT2D eigenvalue weighted by Gasteiger charge is -2.13. The van der Waals surface area contributed by atoms with Crippen molar-refractivity contribution in [3.63, 3.8) is 0 Å². The molecule has 6 heteroatoms. The first-order valence-corrected chi connectivity index (χ1v) is 10.3. The Balaban J connectivity index is 1.48. The fourth-order valence-electron chi connectivity index (χ4n) is 3.69. The van der Waals surface area contributed by atoms with Gasteiger partial charge in [-0.1, -0.05) is 12.1 Å². The number of carbonyl (C=O) groups excluding carboxylic acids is 1. The summed E-state index contributed by atoms with van der Waals surface area (Å²) in [6, 6.07) is 18.3. The molecule has 1 saturated carbocycles. The molecular formula is C25H21FN4O. The molecule has 1 heterocycles. The highest BCUT2D eigenvalue weighted by atomic mass is 19.1. The molecule has 3 aromatic carbocycles. The van der Waals surface area contributed by atoms with Crippen molar-refractivity contribution in [2.75, 3.05) is 5.32 Å². The van der Waals surface area contributed by atoms with Gasteiger partial charge in [0.15, 0.2) is 0 Å². The Kier molecular flexibility index (Phi) is 4.82. The molecule has 0 bridgehead atoms. The van der Waals surface area contributed by atoms with Crippen LogP contribution in [0.25, 0.3) is 22.0 Å². The highest BCUT2D eigenvalue weighted by Gasteiger charge is 2.24. The number of rotatable bonds is 5. The lowest BCUT2D eigenvalue weighted by molar-refractivity contribution is 0.0952. The topological polar surface area (TPSA) is 66.9 Å². The van der Waals surface area contributed by atoms with Gasteiger partial charge >= 0.3 is 0 Å². The van der Waals surface area contributed by atoms with Crippen molar-refractivity contribution in [2.45, 2.75) is 25.8 Å². The van der Waals surface area contributed by atoms with Crippen molar-refractivity contribution >= 4 is 28.1 Å². The second kappa shape index (κ2) is 7.80. The normalized spacial score (nSPS) is 13.2. The number of amides is 1. The van der Waals surface area contributed by atoms with Gasteiger partial charge in [-0.25, -0.2) is 4.39 Å². The highest BCUT2D eigenvalue weighted by Crippen LogP contribution is 2.31. The summed E-state index contributed by atoms with van der Waals surface area (Å²) in [5.74, 6) is -0.336. The Morgan fingerprint density at radius 1 is 1.06 bits per heavy atom. The van der Waals surface area contributed by atoms with Gasteiger partial charge in [-0.05, 0) is 73.9 Å². The number of carbonyl (C=O) groups is 1. The first-order chi connectivity index (χ1) is 15.1. The van der Waals surface area contributed by atoms with Crippen LogP contribution < -0.4 is 10.6 Å². The molecule has 0 atom stereocenters. The van der Waals surface area contributed by atoms with Crippen LogP contribution in [0.1, 0.15) is 28.8 Å². The van der Waals surface area contributed by atoms with E-state index in [1.54, 1.807) is 12.3 Å². The summed E-state index contributed by atoms with van der Waals surface area (Å²) in [6.45, 7) is 1.86. The van der Waals surface area contributed by atoms with Gasteiger partial charge in [-0.2, -0.15) is 5.10 Å². The molecule has 0 aliphatic heterocycles. The average molecular weight is 412 g/mol. The molecular weight excluding hydrogens is 391 g/mol. The number of hydrogen-bond acceptors (Lipinski definition) is 4. The van der Waals surface area contributed by atoms with Crippen LogP contribution in [0.2, 0.25) is 0 Å². The molecule has 0 radical (unpaired) electrons. The van der Waals surface area contributed by atoms with E-state index < -0.39 is 0 Å². The Bertz CT molecular complexity index is 1300. The zero-order chi connectivity index (χ0) is 21.4. The second-order valence-electron chi connectivity index (χ2n) is 7.87. The summed E-state index contributed by atoms with van der Waals surface area (Å²) in [6.07, 6.45) is 3.79. The van der Waals surface area contributed by atoms with Crippen molar-refractivity contribution in [1.82, 2.24) is 15.5 Å². The maximum atomic E-state index is 13.5. The minimum absolute atomic E-state index is 0.0636. The van der Waals surface area contributed by atoms with Crippen LogP contribution in [-0.2, 0) is 0 Å². The lowest BCUT2D eigenvalue weighted by Crippen LogP contribution is -2.26. The van der Waals surface area contributed by atoms with E-state index in [1.807, 2.05) is 49.4 Å². The van der Waals surface area contributed by atoms with E-state index in [4.69, 9.17) is 0 Å². The first kappa shape index (κ1) is 19.2. The van der Waals surface area contributed by atoms with Gasteiger partial charge in [-0.15, -0.1) is 5.10 Å². The molecule has 1 amide bonds. The van der Waals surface area contributed by atoms with Gasteiger partial charge in [0.2, 0.25) is 0 Å². The van der Waals surface area contributed by atoms with E-state index in [0.717, 1.165) is 46.1 Å². The van der Waals surface area contributed by atoms with E-state index in [9.17, 15) is 9.18 Å². The molecule has 5 rings (SSSR count). The molecule has 1 aliphatic carbocycles. The largest absolute Gasteiger partial charge is 0.355 e. The maximum Gasteiger partial charge on any atom is 0.253 e. The fraction of sp³-hybridized carbons (Fsp3) is 0.160. The second-order valence-corrected chi connectivity index (χ2v) is 7.87. The van der Waals surface area contributed by atoms with Gasteiger partial charge in [0.1, 0.15) is 11.5 Å². The van der Waals surface area contributed by atoms with Crippen LogP contribution in [0.15, 0.2) is 66.9 Å². The number of fused-ring (bicyclic) bond motifs is 1. The smallest absolute Gasteiger partial charge is 0.253 e. The molecule has 0 saturated heterocycles. The Morgan fingerprint density at radius 3 is 2.71 bits per heavy atom. The lowest BCUT2D eigenvalue weighted by atomic mass is 10.0. The molecule has 1 fully saturated rings. The van der Waals surface area contributed by atoms with Crippen LogP contribution >= 0.6 is 0 Å². The quantitative estimate of drug-likeness (QED) is 0.462. The summed E-state index contributed by atoms with van der Waals surface area (Å²) < 4.78 is 13.5. The summed E-state index contributed by atoms with van der Waals surface area (Å²) in [5.41, 5.74) is 4.57. The van der Waals surface area contributed by atoms with Crippen LogP contribution in [0.5, 0.6) is 0 Å². The standard InChI is InChI=1S/C25H21FN4O/c1-15-12-17(26)6-10-20(15)24-21-11-9-19(13-16(21)14-27-30-24)28-23-5-3-2-4-22(23)25(31)29-18-7-8-18/h2-6,9-14,18,28H,7-8H2,1H3,(H,29,31). The number of aryl methyl sites for hydroxylation is 1. The molecule has 1 aliphatic rings. The predicted molar refractivity (Wildman–Crippen MR) is 120 cm³/mol. The third-order valence-corrected chi connectivity index (χ3v) is 5.47. The summed E-state index contributed by atoms with van der Waals surface area (Å²) >= 11 is 0. The van der Waals surface area contributed by atoms with Gasteiger partial charge < -0.3 is 10.6 Å². The van der Waals surface area contributed by atoms with E-state index in [0.29, 0.717) is 17.3 Å². The highest BCUT2D eigenvalue weighted by molar-refractivity contribution is 6.01. The number of para-hydroxylation sites is 1. The van der Waals surface area contributed by atoms with Gasteiger partial charge in [0.05, 0.1) is 17.4 Å². The molecule has 31 heavy (non-hydrogen) atoms. The molecule has 4 aromatic rings. The zero-order valence-electron chi connectivity index (χ0n) is 17.0. The zero-order valence-corrected chi connectivity index (χ0v) is 17.0. The minimum Gasteiger partial charge on any atom is -0.355 e. The van der Waals surface area contributed by atoms with E-state index in [2.05, 4.69) is 20.8 Å². The molecule has 154 valence electrons. The number of benzene rings is 3. The van der Waals surface area contributed by atoms with Crippen molar-refractivity contribution in [1.29, 1.82) is 0 Å². The molecule has 1 aromatic heterocycles.